The van der Waals surface area contributed by atoms with Crippen molar-refractivity contribution in [1.82, 2.24) is 10.2 Å². The molecule has 0 aliphatic carbocycles. The summed E-state index contributed by atoms with van der Waals surface area (Å²) in [6, 6.07) is 4.61. The number of phenolic OH excluding ortho intramolecular Hbond substituents is 1. The van der Waals surface area contributed by atoms with Crippen molar-refractivity contribution in [3.8, 4) is 11.8 Å². The summed E-state index contributed by atoms with van der Waals surface area (Å²) in [6.45, 7) is 2.46. The van der Waals surface area contributed by atoms with Gasteiger partial charge in [-0.1, -0.05) is 0 Å². The van der Waals surface area contributed by atoms with Gasteiger partial charge in [-0.2, -0.15) is 5.26 Å². The van der Waals surface area contributed by atoms with E-state index in [0.29, 0.717) is 15.6 Å². The minimum Gasteiger partial charge on any atom is -0.506 e. The van der Waals surface area contributed by atoms with E-state index >= 15 is 0 Å². The van der Waals surface area contributed by atoms with Gasteiger partial charge in [-0.25, -0.2) is 4.39 Å². The van der Waals surface area contributed by atoms with Crippen LogP contribution in [0.25, 0.3) is 0 Å². The van der Waals surface area contributed by atoms with Crippen molar-refractivity contribution in [2.45, 2.75) is 6.04 Å². The van der Waals surface area contributed by atoms with Gasteiger partial charge in [0.1, 0.15) is 12.4 Å². The van der Waals surface area contributed by atoms with E-state index in [4.69, 9.17) is 5.26 Å². The Morgan fingerprint density at radius 1 is 1.38 bits per heavy atom. The molecule has 0 saturated carbocycles. The Kier molecular flexibility index (Phi) is 9.18. The molecule has 1 aliphatic rings. The molecule has 0 amide bonds. The number of hydrogen-bond acceptors (Lipinski definition) is 4. The summed E-state index contributed by atoms with van der Waals surface area (Å²) in [7, 11) is 0. The molecule has 0 aromatic heterocycles. The van der Waals surface area contributed by atoms with Gasteiger partial charge in [0.15, 0.2) is 0 Å². The standard InChI is InChI=1S/C13H15BrFN3O.2ClH/c14-11-6-9(8-16)5-10(13(11)19)12(7-15)18-3-1-17-2-4-18;;/h5-6,12,17,19H,1-4,7H2;2*1H/t12-;;/m1../s1. The van der Waals surface area contributed by atoms with Crippen molar-refractivity contribution >= 4 is 40.7 Å². The number of phenols is 1. The average molecular weight is 401 g/mol. The highest BCUT2D eigenvalue weighted by Crippen LogP contribution is 2.36. The minimum atomic E-state index is -0.588. The number of rotatable bonds is 3. The molecule has 21 heavy (non-hydrogen) atoms. The highest BCUT2D eigenvalue weighted by Gasteiger charge is 2.25. The van der Waals surface area contributed by atoms with Crippen LogP contribution >= 0.6 is 40.7 Å². The number of nitriles is 1. The quantitative estimate of drug-likeness (QED) is 0.818. The summed E-state index contributed by atoms with van der Waals surface area (Å²) in [6.07, 6.45) is 0. The Labute approximate surface area is 144 Å². The van der Waals surface area contributed by atoms with Gasteiger partial charge < -0.3 is 10.4 Å². The Morgan fingerprint density at radius 3 is 2.52 bits per heavy atom. The molecule has 2 N–H and O–H groups in total. The van der Waals surface area contributed by atoms with E-state index in [1.165, 1.54) is 6.07 Å². The van der Waals surface area contributed by atoms with Gasteiger partial charge in [0.2, 0.25) is 0 Å². The fourth-order valence-electron chi connectivity index (χ4n) is 2.31. The van der Waals surface area contributed by atoms with Crippen molar-refractivity contribution in [3.05, 3.63) is 27.7 Å². The third kappa shape index (κ3) is 4.70. The first-order valence-electron chi connectivity index (χ1n) is 6.10. The zero-order valence-electron chi connectivity index (χ0n) is 11.2. The van der Waals surface area contributed by atoms with Gasteiger partial charge >= 0.3 is 0 Å². The summed E-state index contributed by atoms with van der Waals surface area (Å²) in [5, 5.41) is 22.3. The predicted molar refractivity (Wildman–Crippen MR) is 88.2 cm³/mol. The second kappa shape index (κ2) is 9.44. The van der Waals surface area contributed by atoms with Crippen LogP contribution in [0, 0.1) is 11.3 Å². The van der Waals surface area contributed by atoms with Crippen molar-refractivity contribution in [1.29, 1.82) is 5.26 Å². The number of nitrogens with one attached hydrogen (secondary N) is 1. The predicted octanol–water partition coefficient (Wildman–Crippen LogP) is 2.79. The van der Waals surface area contributed by atoms with E-state index in [1.807, 2.05) is 11.0 Å². The topological polar surface area (TPSA) is 59.3 Å². The van der Waals surface area contributed by atoms with Crippen molar-refractivity contribution in [3.63, 3.8) is 0 Å². The third-order valence-corrected chi connectivity index (χ3v) is 3.92. The molecule has 8 heteroatoms. The first kappa shape index (κ1) is 20.4. The molecular formula is C13H17BrCl2FN3O. The second-order valence-electron chi connectivity index (χ2n) is 4.46. The van der Waals surface area contributed by atoms with Gasteiger partial charge in [-0.3, -0.25) is 4.90 Å². The van der Waals surface area contributed by atoms with Crippen LogP contribution in [-0.2, 0) is 0 Å². The molecule has 1 fully saturated rings. The zero-order chi connectivity index (χ0) is 13.8. The Morgan fingerprint density at radius 2 is 2.00 bits per heavy atom. The van der Waals surface area contributed by atoms with Crippen LogP contribution in [0.3, 0.4) is 0 Å². The number of aromatic hydroxyl groups is 1. The summed E-state index contributed by atoms with van der Waals surface area (Å²) in [5.41, 5.74) is 0.878. The van der Waals surface area contributed by atoms with Crippen LogP contribution in [0.1, 0.15) is 17.2 Å². The Hall–Kier alpha value is -0.580. The van der Waals surface area contributed by atoms with Crippen LogP contribution < -0.4 is 5.32 Å². The maximum absolute atomic E-state index is 13.4. The molecule has 1 aromatic rings. The molecule has 1 aromatic carbocycles. The zero-order valence-corrected chi connectivity index (χ0v) is 14.4. The summed E-state index contributed by atoms with van der Waals surface area (Å²) in [4.78, 5) is 1.99. The number of hydrogen-bond donors (Lipinski definition) is 2. The SMILES string of the molecule is Cl.Cl.N#Cc1cc(Br)c(O)c([C@@H](CF)N2CCNCC2)c1. The average Bonchev–Trinajstić information content (AvgIpc) is 2.45. The molecule has 0 spiro atoms. The lowest BCUT2D eigenvalue weighted by Crippen LogP contribution is -2.45. The third-order valence-electron chi connectivity index (χ3n) is 3.32. The summed E-state index contributed by atoms with van der Waals surface area (Å²) >= 11 is 3.20. The highest BCUT2D eigenvalue weighted by atomic mass is 79.9. The van der Waals surface area contributed by atoms with Crippen LogP contribution in [0.2, 0.25) is 0 Å². The number of piperazine rings is 1. The van der Waals surface area contributed by atoms with E-state index in [0.717, 1.165) is 26.2 Å². The number of nitrogens with zero attached hydrogens (tertiary/aromatic N) is 2. The Balaban J connectivity index is 0.00000200. The molecule has 1 atom stereocenters. The molecule has 1 aliphatic heterocycles. The fourth-order valence-corrected chi connectivity index (χ4v) is 2.79. The molecule has 0 bridgehead atoms. The highest BCUT2D eigenvalue weighted by molar-refractivity contribution is 9.10. The van der Waals surface area contributed by atoms with Crippen LogP contribution in [0.4, 0.5) is 4.39 Å². The monoisotopic (exact) mass is 399 g/mol. The maximum Gasteiger partial charge on any atom is 0.134 e. The largest absolute Gasteiger partial charge is 0.506 e. The fraction of sp³-hybridized carbons (Fsp3) is 0.462. The molecule has 1 heterocycles. The lowest BCUT2D eigenvalue weighted by Gasteiger charge is -2.34. The van der Waals surface area contributed by atoms with Crippen LogP contribution in [0.5, 0.6) is 5.75 Å². The van der Waals surface area contributed by atoms with Gasteiger partial charge in [-0.15, -0.1) is 24.8 Å². The number of benzene rings is 1. The smallest absolute Gasteiger partial charge is 0.134 e. The van der Waals surface area contributed by atoms with E-state index in [2.05, 4.69) is 21.2 Å². The molecule has 0 radical (unpaired) electrons. The van der Waals surface area contributed by atoms with E-state index in [-0.39, 0.29) is 30.6 Å². The summed E-state index contributed by atoms with van der Waals surface area (Å²) < 4.78 is 13.8. The molecule has 2 rings (SSSR count). The van der Waals surface area contributed by atoms with Crippen molar-refractivity contribution < 1.29 is 9.50 Å². The second-order valence-corrected chi connectivity index (χ2v) is 5.32. The van der Waals surface area contributed by atoms with Gasteiger partial charge in [0, 0.05) is 31.7 Å². The lowest BCUT2D eigenvalue weighted by molar-refractivity contribution is 0.145. The first-order chi connectivity index (χ1) is 9.17. The minimum absolute atomic E-state index is 0. The van der Waals surface area contributed by atoms with Crippen LogP contribution in [-0.4, -0.2) is 42.9 Å². The number of alkyl halides is 1. The molecular weight excluding hydrogens is 384 g/mol. The van der Waals surface area contributed by atoms with Gasteiger partial charge in [0.05, 0.1) is 22.1 Å². The number of halogens is 4. The van der Waals surface area contributed by atoms with E-state index in [1.54, 1.807) is 6.07 Å². The summed E-state index contributed by atoms with van der Waals surface area (Å²) in [5.74, 6) is 0.0141. The molecule has 4 nitrogen and oxygen atoms in total. The van der Waals surface area contributed by atoms with E-state index in [9.17, 15) is 9.50 Å². The maximum atomic E-state index is 13.4. The van der Waals surface area contributed by atoms with Crippen molar-refractivity contribution in [2.75, 3.05) is 32.9 Å². The van der Waals surface area contributed by atoms with Gasteiger partial charge in [-0.05, 0) is 28.1 Å². The molecule has 1 saturated heterocycles. The van der Waals surface area contributed by atoms with E-state index < -0.39 is 12.7 Å². The van der Waals surface area contributed by atoms with Crippen LogP contribution in [0.15, 0.2) is 16.6 Å². The first-order valence-corrected chi connectivity index (χ1v) is 6.90. The molecule has 118 valence electrons. The normalized spacial score (nSPS) is 16.2. The lowest BCUT2D eigenvalue weighted by atomic mass is 10.0. The molecule has 0 unspecified atom stereocenters. The Bertz CT molecular complexity index is 507. The van der Waals surface area contributed by atoms with Gasteiger partial charge in [0.25, 0.3) is 0 Å². The van der Waals surface area contributed by atoms with Crippen molar-refractivity contribution in [2.24, 2.45) is 0 Å².